The van der Waals surface area contributed by atoms with Gasteiger partial charge in [-0.1, -0.05) is 6.92 Å². The Balaban J connectivity index is 2.96. The summed E-state index contributed by atoms with van der Waals surface area (Å²) < 4.78 is 0. The molecule has 0 radical (unpaired) electrons. The molecule has 0 aliphatic heterocycles. The lowest BCUT2D eigenvalue weighted by atomic mass is 10.3. The highest BCUT2D eigenvalue weighted by Gasteiger charge is 1.95. The summed E-state index contributed by atoms with van der Waals surface area (Å²) in [4.78, 5) is 10.7. The molecule has 10 heavy (non-hydrogen) atoms. The summed E-state index contributed by atoms with van der Waals surface area (Å²) in [5.41, 5.74) is 0. The molecule has 0 aromatic heterocycles. The van der Waals surface area contributed by atoms with Crippen LogP contribution in [0.1, 0.15) is 19.8 Å². The first-order chi connectivity index (χ1) is 4.81. The standard InChI is InChI=1S/C7H15NOS/c1-3-10-6-4-5-7(9)8-2/h3-6H2,1-2H3,(H,8,9). The fourth-order valence-corrected chi connectivity index (χ4v) is 1.24. The summed E-state index contributed by atoms with van der Waals surface area (Å²) >= 11 is 1.88. The molecule has 1 N–H and O–H groups in total. The minimum Gasteiger partial charge on any atom is -0.359 e. The van der Waals surface area contributed by atoms with Crippen LogP contribution in [0.5, 0.6) is 0 Å². The number of amides is 1. The first-order valence-electron chi connectivity index (χ1n) is 3.59. The zero-order chi connectivity index (χ0) is 7.82. The lowest BCUT2D eigenvalue weighted by Crippen LogP contribution is -2.17. The Morgan fingerprint density at radius 2 is 2.30 bits per heavy atom. The minimum atomic E-state index is 0.150. The van der Waals surface area contributed by atoms with Crippen LogP contribution < -0.4 is 5.32 Å². The third-order valence-corrected chi connectivity index (χ3v) is 2.16. The number of nitrogens with one attached hydrogen (secondary N) is 1. The Morgan fingerprint density at radius 3 is 2.80 bits per heavy atom. The van der Waals surface area contributed by atoms with Crippen molar-refractivity contribution in [3.8, 4) is 0 Å². The average molecular weight is 161 g/mol. The van der Waals surface area contributed by atoms with E-state index in [1.54, 1.807) is 7.05 Å². The number of carbonyl (C=O) groups is 1. The van der Waals surface area contributed by atoms with Crippen molar-refractivity contribution in [1.29, 1.82) is 0 Å². The monoisotopic (exact) mass is 161 g/mol. The molecule has 0 aliphatic carbocycles. The van der Waals surface area contributed by atoms with Gasteiger partial charge in [0.15, 0.2) is 0 Å². The van der Waals surface area contributed by atoms with E-state index in [1.807, 2.05) is 11.8 Å². The van der Waals surface area contributed by atoms with Gasteiger partial charge in [-0.2, -0.15) is 11.8 Å². The molecule has 1 amide bonds. The summed E-state index contributed by atoms with van der Waals surface area (Å²) in [6, 6.07) is 0. The Hall–Kier alpha value is -0.180. The van der Waals surface area contributed by atoms with E-state index in [1.165, 1.54) is 0 Å². The van der Waals surface area contributed by atoms with E-state index in [9.17, 15) is 4.79 Å². The van der Waals surface area contributed by atoms with Gasteiger partial charge in [0.1, 0.15) is 0 Å². The minimum absolute atomic E-state index is 0.150. The van der Waals surface area contributed by atoms with Gasteiger partial charge in [0.05, 0.1) is 0 Å². The normalized spacial score (nSPS) is 9.40. The summed E-state index contributed by atoms with van der Waals surface area (Å²) in [7, 11) is 1.68. The van der Waals surface area contributed by atoms with Gasteiger partial charge >= 0.3 is 0 Å². The van der Waals surface area contributed by atoms with E-state index in [2.05, 4.69) is 12.2 Å². The molecule has 3 heteroatoms. The molecular weight excluding hydrogens is 146 g/mol. The summed E-state index contributed by atoms with van der Waals surface area (Å²) in [6.07, 6.45) is 1.67. The Labute approximate surface area is 66.8 Å². The molecule has 0 saturated heterocycles. The maximum absolute atomic E-state index is 10.7. The van der Waals surface area contributed by atoms with Crippen LogP contribution in [0.2, 0.25) is 0 Å². The van der Waals surface area contributed by atoms with Gasteiger partial charge in [-0.05, 0) is 17.9 Å². The van der Waals surface area contributed by atoms with Crippen LogP contribution in [0.3, 0.4) is 0 Å². The topological polar surface area (TPSA) is 29.1 Å². The van der Waals surface area contributed by atoms with Crippen LogP contribution in [0.4, 0.5) is 0 Å². The predicted octanol–water partition coefficient (Wildman–Crippen LogP) is 1.27. The lowest BCUT2D eigenvalue weighted by molar-refractivity contribution is -0.120. The zero-order valence-corrected chi connectivity index (χ0v) is 7.46. The van der Waals surface area contributed by atoms with Crippen molar-refractivity contribution in [2.45, 2.75) is 19.8 Å². The Kier molecular flexibility index (Phi) is 6.81. The molecule has 0 rings (SSSR count). The second-order valence-corrected chi connectivity index (χ2v) is 3.37. The van der Waals surface area contributed by atoms with E-state index >= 15 is 0 Å². The molecule has 0 unspecified atom stereocenters. The Bertz CT molecular complexity index is 95.6. The fraction of sp³-hybridized carbons (Fsp3) is 0.857. The lowest BCUT2D eigenvalue weighted by Gasteiger charge is -1.97. The number of carbonyl (C=O) groups excluding carboxylic acids is 1. The highest BCUT2D eigenvalue weighted by molar-refractivity contribution is 7.99. The van der Waals surface area contributed by atoms with E-state index in [4.69, 9.17) is 0 Å². The van der Waals surface area contributed by atoms with Crippen molar-refractivity contribution in [3.05, 3.63) is 0 Å². The maximum Gasteiger partial charge on any atom is 0.219 e. The van der Waals surface area contributed by atoms with Crippen molar-refractivity contribution in [2.75, 3.05) is 18.6 Å². The molecule has 0 aromatic rings. The average Bonchev–Trinajstić information content (AvgIpc) is 1.98. The number of hydrogen-bond acceptors (Lipinski definition) is 2. The number of rotatable bonds is 5. The molecule has 0 heterocycles. The van der Waals surface area contributed by atoms with Gasteiger partial charge in [-0.3, -0.25) is 4.79 Å². The van der Waals surface area contributed by atoms with E-state index in [0.29, 0.717) is 6.42 Å². The maximum atomic E-state index is 10.7. The third kappa shape index (κ3) is 5.95. The SMILES string of the molecule is CCSCCCC(=O)NC. The van der Waals surface area contributed by atoms with Crippen molar-refractivity contribution in [3.63, 3.8) is 0 Å². The van der Waals surface area contributed by atoms with Crippen LogP contribution in [0.25, 0.3) is 0 Å². The predicted molar refractivity (Wildman–Crippen MR) is 46.3 cm³/mol. The molecule has 0 aliphatic rings. The Morgan fingerprint density at radius 1 is 1.60 bits per heavy atom. The molecular formula is C7H15NOS. The second kappa shape index (κ2) is 6.93. The molecule has 0 fully saturated rings. The molecule has 0 spiro atoms. The number of hydrogen-bond donors (Lipinski definition) is 1. The quantitative estimate of drug-likeness (QED) is 0.615. The van der Waals surface area contributed by atoms with Gasteiger partial charge < -0.3 is 5.32 Å². The summed E-state index contributed by atoms with van der Waals surface area (Å²) in [5.74, 6) is 2.40. The molecule has 60 valence electrons. The molecule has 0 aromatic carbocycles. The first-order valence-corrected chi connectivity index (χ1v) is 4.75. The van der Waals surface area contributed by atoms with Crippen molar-refractivity contribution >= 4 is 17.7 Å². The fourth-order valence-electron chi connectivity index (χ4n) is 0.604. The third-order valence-electron chi connectivity index (χ3n) is 1.18. The smallest absolute Gasteiger partial charge is 0.219 e. The van der Waals surface area contributed by atoms with Crippen molar-refractivity contribution in [1.82, 2.24) is 5.32 Å². The molecule has 0 bridgehead atoms. The summed E-state index contributed by atoms with van der Waals surface area (Å²) in [6.45, 7) is 2.13. The van der Waals surface area contributed by atoms with Gasteiger partial charge in [0.2, 0.25) is 5.91 Å². The van der Waals surface area contributed by atoms with Crippen LogP contribution in [0, 0.1) is 0 Å². The first kappa shape index (κ1) is 9.82. The van der Waals surface area contributed by atoms with Gasteiger partial charge in [0, 0.05) is 13.5 Å². The van der Waals surface area contributed by atoms with Gasteiger partial charge in [-0.25, -0.2) is 0 Å². The van der Waals surface area contributed by atoms with E-state index < -0.39 is 0 Å². The largest absolute Gasteiger partial charge is 0.359 e. The molecule has 0 atom stereocenters. The molecule has 2 nitrogen and oxygen atoms in total. The van der Waals surface area contributed by atoms with Crippen LogP contribution in [-0.4, -0.2) is 24.5 Å². The highest BCUT2D eigenvalue weighted by Crippen LogP contribution is 2.02. The van der Waals surface area contributed by atoms with Gasteiger partial charge in [0.25, 0.3) is 0 Å². The van der Waals surface area contributed by atoms with Crippen LogP contribution in [-0.2, 0) is 4.79 Å². The van der Waals surface area contributed by atoms with Crippen LogP contribution in [0.15, 0.2) is 0 Å². The number of thioether (sulfide) groups is 1. The van der Waals surface area contributed by atoms with Gasteiger partial charge in [-0.15, -0.1) is 0 Å². The van der Waals surface area contributed by atoms with E-state index in [0.717, 1.165) is 17.9 Å². The molecule has 0 saturated carbocycles. The second-order valence-electron chi connectivity index (χ2n) is 1.97. The van der Waals surface area contributed by atoms with E-state index in [-0.39, 0.29) is 5.91 Å². The van der Waals surface area contributed by atoms with Crippen LogP contribution >= 0.6 is 11.8 Å². The van der Waals surface area contributed by atoms with Crippen molar-refractivity contribution < 1.29 is 4.79 Å². The van der Waals surface area contributed by atoms with Crippen molar-refractivity contribution in [2.24, 2.45) is 0 Å². The zero-order valence-electron chi connectivity index (χ0n) is 6.64. The summed E-state index contributed by atoms with van der Waals surface area (Å²) in [5, 5.41) is 2.59. The highest BCUT2D eigenvalue weighted by atomic mass is 32.2.